The molecule has 108 valence electrons. The second-order valence-corrected chi connectivity index (χ2v) is 7.46. The molecule has 1 rings (SSSR count). The van der Waals surface area contributed by atoms with E-state index in [1.807, 2.05) is 0 Å². The zero-order chi connectivity index (χ0) is 14.8. The summed E-state index contributed by atoms with van der Waals surface area (Å²) in [7, 11) is -3.19. The van der Waals surface area contributed by atoms with Gasteiger partial charge in [0, 0.05) is 22.5 Å². The van der Waals surface area contributed by atoms with Crippen molar-refractivity contribution in [3.63, 3.8) is 0 Å². The molecule has 0 radical (unpaired) electrons. The predicted molar refractivity (Wildman–Crippen MR) is 71.9 cm³/mol. The van der Waals surface area contributed by atoms with Crippen LogP contribution in [0.15, 0.2) is 22.7 Å². The first kappa shape index (κ1) is 16.3. The third kappa shape index (κ3) is 5.82. The van der Waals surface area contributed by atoms with E-state index in [-0.39, 0.29) is 15.9 Å². The number of benzene rings is 1. The standard InChI is InChI=1S/C11H13BrF3NO2S/c1-7(6-19(2,17)18)16-10-4-8(11(13,14)15)3-9(12)5-10/h3-5,7,16H,6H2,1-2H3. The second-order valence-electron chi connectivity index (χ2n) is 4.36. The topological polar surface area (TPSA) is 46.2 Å². The van der Waals surface area contributed by atoms with Gasteiger partial charge < -0.3 is 5.32 Å². The molecule has 1 unspecified atom stereocenters. The highest BCUT2D eigenvalue weighted by atomic mass is 79.9. The molecule has 1 atom stereocenters. The zero-order valence-electron chi connectivity index (χ0n) is 10.3. The Bertz CT molecular complexity index is 558. The molecule has 0 saturated carbocycles. The minimum Gasteiger partial charge on any atom is -0.382 e. The van der Waals surface area contributed by atoms with Gasteiger partial charge in [0.2, 0.25) is 0 Å². The summed E-state index contributed by atoms with van der Waals surface area (Å²) in [4.78, 5) is 0. The molecule has 0 spiro atoms. The van der Waals surface area contributed by atoms with Crippen LogP contribution in [0, 0.1) is 0 Å². The number of alkyl halides is 3. The minimum atomic E-state index is -4.44. The molecule has 0 heterocycles. The molecule has 1 aromatic carbocycles. The van der Waals surface area contributed by atoms with Crippen LogP contribution in [0.2, 0.25) is 0 Å². The van der Waals surface area contributed by atoms with Crippen LogP contribution in [0.25, 0.3) is 0 Å². The van der Waals surface area contributed by atoms with Gasteiger partial charge in [-0.05, 0) is 25.1 Å². The number of nitrogens with one attached hydrogen (secondary N) is 1. The molecule has 0 aliphatic carbocycles. The Morgan fingerprint density at radius 2 is 1.89 bits per heavy atom. The average Bonchev–Trinajstić information content (AvgIpc) is 2.11. The first-order valence-electron chi connectivity index (χ1n) is 5.29. The van der Waals surface area contributed by atoms with Crippen LogP contribution in [0.1, 0.15) is 12.5 Å². The summed E-state index contributed by atoms with van der Waals surface area (Å²) in [6.07, 6.45) is -3.37. The highest BCUT2D eigenvalue weighted by Gasteiger charge is 2.31. The summed E-state index contributed by atoms with van der Waals surface area (Å²) in [6, 6.07) is 2.90. The van der Waals surface area contributed by atoms with Gasteiger partial charge >= 0.3 is 6.18 Å². The van der Waals surface area contributed by atoms with E-state index in [1.165, 1.54) is 6.07 Å². The molecule has 3 nitrogen and oxygen atoms in total. The second kappa shape index (κ2) is 5.70. The van der Waals surface area contributed by atoms with Gasteiger partial charge in [-0.3, -0.25) is 0 Å². The maximum Gasteiger partial charge on any atom is 0.416 e. The summed E-state index contributed by atoms with van der Waals surface area (Å²) in [5, 5.41) is 2.74. The van der Waals surface area contributed by atoms with E-state index in [0.717, 1.165) is 18.4 Å². The summed E-state index contributed by atoms with van der Waals surface area (Å²) < 4.78 is 60.3. The van der Waals surface area contributed by atoms with Crippen molar-refractivity contribution in [1.29, 1.82) is 0 Å². The van der Waals surface area contributed by atoms with E-state index in [2.05, 4.69) is 21.2 Å². The van der Waals surface area contributed by atoms with Gasteiger partial charge in [0.25, 0.3) is 0 Å². The largest absolute Gasteiger partial charge is 0.416 e. The van der Waals surface area contributed by atoms with E-state index in [1.54, 1.807) is 6.92 Å². The molecule has 0 aliphatic heterocycles. The van der Waals surface area contributed by atoms with Crippen molar-refractivity contribution in [2.45, 2.75) is 19.1 Å². The van der Waals surface area contributed by atoms with E-state index >= 15 is 0 Å². The molecular formula is C11H13BrF3NO2S. The van der Waals surface area contributed by atoms with E-state index in [9.17, 15) is 21.6 Å². The number of hydrogen-bond acceptors (Lipinski definition) is 3. The van der Waals surface area contributed by atoms with E-state index in [4.69, 9.17) is 0 Å². The summed E-state index contributed by atoms with van der Waals surface area (Å²) >= 11 is 3.00. The summed E-state index contributed by atoms with van der Waals surface area (Å²) in [5.74, 6) is -0.152. The van der Waals surface area contributed by atoms with Crippen molar-refractivity contribution < 1.29 is 21.6 Å². The van der Waals surface area contributed by atoms with Crippen LogP contribution in [0.3, 0.4) is 0 Å². The maximum atomic E-state index is 12.6. The Morgan fingerprint density at radius 3 is 2.37 bits per heavy atom. The van der Waals surface area contributed by atoms with Crippen LogP contribution in [0.5, 0.6) is 0 Å². The average molecular weight is 360 g/mol. The zero-order valence-corrected chi connectivity index (χ0v) is 12.7. The van der Waals surface area contributed by atoms with Gasteiger partial charge in [-0.15, -0.1) is 0 Å². The Labute approximate surface area is 118 Å². The Morgan fingerprint density at radius 1 is 1.32 bits per heavy atom. The van der Waals surface area contributed by atoms with Crippen molar-refractivity contribution in [1.82, 2.24) is 0 Å². The molecule has 0 aromatic heterocycles. The monoisotopic (exact) mass is 359 g/mol. The Kier molecular flexibility index (Phi) is 4.89. The fraction of sp³-hybridized carbons (Fsp3) is 0.455. The van der Waals surface area contributed by atoms with Crippen molar-refractivity contribution in [2.24, 2.45) is 0 Å². The number of halogens is 4. The third-order valence-electron chi connectivity index (χ3n) is 2.19. The SMILES string of the molecule is CC(CS(C)(=O)=O)Nc1cc(Br)cc(C(F)(F)F)c1. The number of sulfone groups is 1. The molecule has 1 aromatic rings. The molecule has 19 heavy (non-hydrogen) atoms. The molecule has 0 fully saturated rings. The normalized spacial score (nSPS) is 14.2. The molecule has 0 bridgehead atoms. The highest BCUT2D eigenvalue weighted by Crippen LogP contribution is 2.33. The molecule has 1 N–H and O–H groups in total. The molecule has 8 heteroatoms. The lowest BCUT2D eigenvalue weighted by Gasteiger charge is -2.16. The van der Waals surface area contributed by atoms with Gasteiger partial charge in [-0.1, -0.05) is 15.9 Å². The van der Waals surface area contributed by atoms with Crippen LogP contribution in [-0.2, 0) is 16.0 Å². The van der Waals surface area contributed by atoms with Crippen molar-refractivity contribution >= 4 is 31.5 Å². The lowest BCUT2D eigenvalue weighted by atomic mass is 10.2. The van der Waals surface area contributed by atoms with Crippen LogP contribution < -0.4 is 5.32 Å². The van der Waals surface area contributed by atoms with Crippen LogP contribution >= 0.6 is 15.9 Å². The Hall–Kier alpha value is -0.760. The minimum absolute atomic E-state index is 0.152. The predicted octanol–water partition coefficient (Wildman–Crippen LogP) is 3.31. The maximum absolute atomic E-state index is 12.6. The van der Waals surface area contributed by atoms with Gasteiger partial charge in [0.05, 0.1) is 11.3 Å². The number of rotatable bonds is 4. The van der Waals surface area contributed by atoms with E-state index < -0.39 is 27.6 Å². The molecular weight excluding hydrogens is 347 g/mol. The lowest BCUT2D eigenvalue weighted by Crippen LogP contribution is -2.25. The lowest BCUT2D eigenvalue weighted by molar-refractivity contribution is -0.137. The Balaban J connectivity index is 2.93. The molecule has 0 aliphatic rings. The summed E-state index contributed by atoms with van der Waals surface area (Å²) in [6.45, 7) is 1.59. The van der Waals surface area contributed by atoms with Crippen LogP contribution in [-0.4, -0.2) is 26.5 Å². The smallest absolute Gasteiger partial charge is 0.382 e. The quantitative estimate of drug-likeness (QED) is 0.896. The fourth-order valence-corrected chi connectivity index (χ4v) is 3.10. The number of anilines is 1. The van der Waals surface area contributed by atoms with Gasteiger partial charge in [-0.2, -0.15) is 13.2 Å². The summed E-state index contributed by atoms with van der Waals surface area (Å²) in [5.41, 5.74) is -0.575. The van der Waals surface area contributed by atoms with Gasteiger partial charge in [0.15, 0.2) is 0 Å². The van der Waals surface area contributed by atoms with E-state index in [0.29, 0.717) is 0 Å². The first-order valence-corrected chi connectivity index (χ1v) is 8.15. The number of hydrogen-bond donors (Lipinski definition) is 1. The third-order valence-corrected chi connectivity index (χ3v) is 3.75. The van der Waals surface area contributed by atoms with Gasteiger partial charge in [-0.25, -0.2) is 8.42 Å². The van der Waals surface area contributed by atoms with Crippen molar-refractivity contribution in [3.8, 4) is 0 Å². The van der Waals surface area contributed by atoms with Crippen LogP contribution in [0.4, 0.5) is 18.9 Å². The fourth-order valence-electron chi connectivity index (χ4n) is 1.62. The highest BCUT2D eigenvalue weighted by molar-refractivity contribution is 9.10. The first-order chi connectivity index (χ1) is 8.47. The van der Waals surface area contributed by atoms with Gasteiger partial charge in [0.1, 0.15) is 9.84 Å². The van der Waals surface area contributed by atoms with Crippen molar-refractivity contribution in [2.75, 3.05) is 17.3 Å². The molecule has 0 amide bonds. The van der Waals surface area contributed by atoms with Crippen molar-refractivity contribution in [3.05, 3.63) is 28.2 Å². The molecule has 0 saturated heterocycles.